The Balaban J connectivity index is 4.38. The van der Waals surface area contributed by atoms with Crippen molar-refractivity contribution in [2.75, 3.05) is 31.8 Å². The summed E-state index contributed by atoms with van der Waals surface area (Å²) in [7, 11) is 1.16. The van der Waals surface area contributed by atoms with Gasteiger partial charge in [-0.25, -0.2) is 4.79 Å². The van der Waals surface area contributed by atoms with E-state index < -0.39 is 42.6 Å². The first-order valence-electron chi connectivity index (χ1n) is 15.0. The molecule has 0 bridgehead atoms. The van der Waals surface area contributed by atoms with Crippen molar-refractivity contribution < 1.29 is 38.5 Å². The lowest BCUT2D eigenvalue weighted by atomic mass is 10.0. The van der Waals surface area contributed by atoms with Crippen LogP contribution in [0.5, 0.6) is 0 Å². The van der Waals surface area contributed by atoms with Gasteiger partial charge in [0.05, 0.1) is 26.2 Å². The number of amides is 1. The van der Waals surface area contributed by atoms with Crippen molar-refractivity contribution in [3.8, 4) is 0 Å². The molecule has 0 aromatic rings. The Bertz CT molecular complexity index is 695. The number of rotatable bonds is 26. The molecule has 0 radical (unpaired) electrons. The summed E-state index contributed by atoms with van der Waals surface area (Å²) >= 11 is 1.32. The van der Waals surface area contributed by atoms with E-state index in [4.69, 9.17) is 15.2 Å². The highest BCUT2D eigenvalue weighted by molar-refractivity contribution is 7.99. The van der Waals surface area contributed by atoms with Crippen molar-refractivity contribution in [2.45, 2.75) is 128 Å². The zero-order valence-corrected chi connectivity index (χ0v) is 25.8. The summed E-state index contributed by atoms with van der Waals surface area (Å²) in [5, 5.41) is 11.5. The van der Waals surface area contributed by atoms with Crippen molar-refractivity contribution in [1.82, 2.24) is 5.32 Å². The molecule has 0 aromatic carbocycles. The first kappa shape index (κ1) is 38.1. The molecular weight excluding hydrogens is 536 g/mol. The van der Waals surface area contributed by atoms with Crippen LogP contribution in [-0.2, 0) is 33.4 Å². The van der Waals surface area contributed by atoms with Crippen LogP contribution >= 0.6 is 11.8 Å². The number of esters is 3. The highest BCUT2D eigenvalue weighted by Crippen LogP contribution is 2.16. The number of hydrogen-bond donors (Lipinski definition) is 3. The van der Waals surface area contributed by atoms with E-state index in [2.05, 4.69) is 23.9 Å². The van der Waals surface area contributed by atoms with E-state index in [1.54, 1.807) is 0 Å². The van der Waals surface area contributed by atoms with Crippen LogP contribution in [-0.4, -0.2) is 78.9 Å². The highest BCUT2D eigenvalue weighted by Gasteiger charge is 2.24. The summed E-state index contributed by atoms with van der Waals surface area (Å²) in [6.45, 7) is 3.83. The molecule has 1 amide bonds. The fraction of sp³-hybridized carbons (Fsp3) is 0.862. The predicted octanol–water partition coefficient (Wildman–Crippen LogP) is 4.04. The molecule has 0 aromatic heterocycles. The average molecular weight is 591 g/mol. The van der Waals surface area contributed by atoms with Crippen molar-refractivity contribution in [1.29, 1.82) is 0 Å². The van der Waals surface area contributed by atoms with Gasteiger partial charge in [0, 0.05) is 17.9 Å². The zero-order chi connectivity index (χ0) is 30.0. The molecule has 10 nitrogen and oxygen atoms in total. The number of hydrogen-bond acceptors (Lipinski definition) is 10. The van der Waals surface area contributed by atoms with E-state index in [9.17, 15) is 24.3 Å². The number of ether oxygens (including phenoxy) is 3. The lowest BCUT2D eigenvalue weighted by molar-refractivity contribution is -0.155. The molecule has 0 heterocycles. The minimum absolute atomic E-state index is 0.0270. The van der Waals surface area contributed by atoms with Gasteiger partial charge >= 0.3 is 17.9 Å². The number of aliphatic hydroxyl groups is 1. The van der Waals surface area contributed by atoms with Crippen LogP contribution in [0.1, 0.15) is 110 Å². The van der Waals surface area contributed by atoms with Crippen molar-refractivity contribution in [2.24, 2.45) is 5.73 Å². The minimum atomic E-state index is -1.17. The summed E-state index contributed by atoms with van der Waals surface area (Å²) in [6, 6.07) is -2.08. The maximum atomic E-state index is 12.4. The molecule has 0 unspecified atom stereocenters. The maximum absolute atomic E-state index is 12.4. The number of carbonyl (C=O) groups is 4. The molecule has 0 spiro atoms. The molecule has 0 saturated carbocycles. The second-order valence-corrected chi connectivity index (χ2v) is 11.2. The monoisotopic (exact) mass is 590 g/mol. The first-order valence-corrected chi connectivity index (χ1v) is 16.1. The van der Waals surface area contributed by atoms with Gasteiger partial charge in [-0.3, -0.25) is 14.4 Å². The Morgan fingerprint density at radius 1 is 0.875 bits per heavy atom. The predicted molar refractivity (Wildman–Crippen MR) is 158 cm³/mol. The van der Waals surface area contributed by atoms with Gasteiger partial charge in [-0.05, 0) is 19.3 Å². The molecule has 40 heavy (non-hydrogen) atoms. The zero-order valence-electron chi connectivity index (χ0n) is 25.0. The van der Waals surface area contributed by atoms with Crippen LogP contribution in [0.4, 0.5) is 0 Å². The van der Waals surface area contributed by atoms with Crippen LogP contribution in [0.15, 0.2) is 0 Å². The summed E-state index contributed by atoms with van der Waals surface area (Å²) < 4.78 is 15.5. The number of thioether (sulfide) groups is 1. The van der Waals surface area contributed by atoms with Crippen LogP contribution in [0.2, 0.25) is 0 Å². The van der Waals surface area contributed by atoms with Gasteiger partial charge in [0.15, 0.2) is 6.04 Å². The Labute approximate surface area is 245 Å². The summed E-state index contributed by atoms with van der Waals surface area (Å²) in [6.07, 6.45) is 14.0. The maximum Gasteiger partial charge on any atom is 0.330 e. The van der Waals surface area contributed by atoms with Crippen molar-refractivity contribution in [3.63, 3.8) is 0 Å². The second-order valence-electron chi connectivity index (χ2n) is 10.1. The molecule has 0 aliphatic heterocycles. The summed E-state index contributed by atoms with van der Waals surface area (Å²) in [4.78, 5) is 48.3. The fourth-order valence-corrected chi connectivity index (χ4v) is 4.77. The van der Waals surface area contributed by atoms with E-state index in [1.807, 2.05) is 0 Å². The topological polar surface area (TPSA) is 154 Å². The number of nitrogens with one attached hydrogen (secondary N) is 1. The van der Waals surface area contributed by atoms with Gasteiger partial charge in [-0.1, -0.05) is 78.1 Å². The molecule has 0 aliphatic carbocycles. The Morgan fingerprint density at radius 2 is 1.48 bits per heavy atom. The molecule has 11 heteroatoms. The lowest BCUT2D eigenvalue weighted by Gasteiger charge is -2.18. The third-order valence-electron chi connectivity index (χ3n) is 6.42. The molecule has 234 valence electrons. The van der Waals surface area contributed by atoms with Crippen LogP contribution in [0, 0.1) is 0 Å². The lowest BCUT2D eigenvalue weighted by Crippen LogP contribution is -2.51. The van der Waals surface area contributed by atoms with Crippen LogP contribution in [0.25, 0.3) is 0 Å². The van der Waals surface area contributed by atoms with E-state index in [0.717, 1.165) is 45.6 Å². The normalized spacial score (nSPS) is 13.2. The van der Waals surface area contributed by atoms with E-state index in [-0.39, 0.29) is 24.7 Å². The number of carbonyl (C=O) groups excluding carboxylic acids is 4. The van der Waals surface area contributed by atoms with Crippen LogP contribution < -0.4 is 11.1 Å². The van der Waals surface area contributed by atoms with Gasteiger partial charge in [0.2, 0.25) is 5.91 Å². The summed E-state index contributed by atoms with van der Waals surface area (Å²) in [5.74, 6) is -1.37. The van der Waals surface area contributed by atoms with Gasteiger partial charge in [0.1, 0.15) is 12.7 Å². The number of unbranched alkanes of at least 4 members (excludes halogenated alkanes) is 10. The Hall–Kier alpha value is -1.85. The molecule has 0 fully saturated rings. The van der Waals surface area contributed by atoms with E-state index in [1.165, 1.54) is 50.3 Å². The molecule has 3 atom stereocenters. The van der Waals surface area contributed by atoms with Gasteiger partial charge in [-0.2, -0.15) is 11.8 Å². The third kappa shape index (κ3) is 21.0. The second kappa shape index (κ2) is 26.1. The standard InChI is InChI=1S/C29H54N2O8S/c1-4-6-8-9-10-11-12-13-15-16-23(39-26(33)17-14-7-5-2)20-27(34)38-18-19-40-22-24(30)28(35)31-25(21-32)29(36)37-3/h23-25,32H,4-22,30H2,1-3H3,(H,31,35)/t23-,24+,25+/m1/s1. The van der Waals surface area contributed by atoms with Crippen molar-refractivity contribution in [3.05, 3.63) is 0 Å². The largest absolute Gasteiger partial charge is 0.467 e. The molecular formula is C29H54N2O8S. The number of aliphatic hydroxyl groups excluding tert-OH is 1. The van der Waals surface area contributed by atoms with Crippen molar-refractivity contribution >= 4 is 35.6 Å². The fourth-order valence-electron chi connectivity index (χ4n) is 3.99. The van der Waals surface area contributed by atoms with Gasteiger partial charge in [-0.15, -0.1) is 0 Å². The van der Waals surface area contributed by atoms with Gasteiger partial charge in [0.25, 0.3) is 0 Å². The average Bonchev–Trinajstić information content (AvgIpc) is 2.94. The third-order valence-corrected chi connectivity index (χ3v) is 7.47. The Kier molecular flexibility index (Phi) is 24.9. The quantitative estimate of drug-likeness (QED) is 0.0764. The number of nitrogens with two attached hydrogens (primary N) is 1. The smallest absolute Gasteiger partial charge is 0.330 e. The Morgan fingerprint density at radius 3 is 2.08 bits per heavy atom. The molecule has 4 N–H and O–H groups in total. The van der Waals surface area contributed by atoms with Crippen LogP contribution in [0.3, 0.4) is 0 Å². The SMILES string of the molecule is CCCCCCCCCCC[C@H](CC(=O)OCCSC[C@H](N)C(=O)N[C@@H](CO)C(=O)OC)OC(=O)CCCCC. The minimum Gasteiger partial charge on any atom is -0.467 e. The number of methoxy groups -OCH3 is 1. The van der Waals surface area contributed by atoms with E-state index in [0.29, 0.717) is 18.6 Å². The molecule has 0 rings (SSSR count). The summed E-state index contributed by atoms with van der Waals surface area (Å²) in [5.41, 5.74) is 5.84. The van der Waals surface area contributed by atoms with E-state index >= 15 is 0 Å². The highest BCUT2D eigenvalue weighted by atomic mass is 32.2. The molecule has 0 saturated heterocycles. The van der Waals surface area contributed by atoms with Gasteiger partial charge < -0.3 is 30.4 Å². The first-order chi connectivity index (χ1) is 19.3. The molecule has 0 aliphatic rings.